The Bertz CT molecular complexity index is 4860. The van der Waals surface area contributed by atoms with Crippen LogP contribution in [0.25, 0.3) is 11.1 Å². The summed E-state index contributed by atoms with van der Waals surface area (Å²) in [7, 11) is 2.41. The summed E-state index contributed by atoms with van der Waals surface area (Å²) in [5.41, 5.74) is -2.58. The fourth-order valence-corrected chi connectivity index (χ4v) is 14.4. The summed E-state index contributed by atoms with van der Waals surface area (Å²) in [4.78, 5) is 134. The van der Waals surface area contributed by atoms with E-state index in [2.05, 4.69) is 56.4 Å². The van der Waals surface area contributed by atoms with E-state index in [0.717, 1.165) is 112 Å². The van der Waals surface area contributed by atoms with Crippen molar-refractivity contribution >= 4 is 76.5 Å². The molecule has 7 heterocycles. The number of phenolic OH excluding ortho intramolecular Hbond substituents is 5. The number of carbonyl (C=O) groups excluding carboxylic acids is 8. The molecule has 7 aromatic rings. The van der Waals surface area contributed by atoms with E-state index in [-0.39, 0.29) is 52.5 Å². The SMILES string of the molecule is CN[C@H]1C(=O)N[C@@H]2Cc3ccc(cc3)Oc3cc4cc(c3O[C@@H]3O[C@H](C(=O)OC)[C@@H](O)[C@H](O)[C@H]3NC(=O)CCCCCCCCC(C)C)Oc3ccc(cc3Cl)[C@@H](O)[C@@H]3NC(=O)[C@H](NC(=O)[C@@H]4NC(=O)[C@@H](NC2=O)c2cc(cc(O)c2Cl)Oc2cc1ccc2O)c1ccc(O)c(c1)-c1c(O)cc(O)cc1[C@H](C(=O)O)NC3=O. The van der Waals surface area contributed by atoms with Gasteiger partial charge in [0.15, 0.2) is 35.1 Å². The van der Waals surface area contributed by atoms with Gasteiger partial charge in [0.05, 0.1) is 17.2 Å². The largest absolute Gasteiger partial charge is 0.508 e. The Balaban J connectivity index is 1.09. The predicted molar refractivity (Wildman–Crippen MR) is 395 cm³/mol. The summed E-state index contributed by atoms with van der Waals surface area (Å²) in [6, 6.07) is 6.02. The maximum Gasteiger partial charge on any atom is 0.337 e. The van der Waals surface area contributed by atoms with Crippen molar-refractivity contribution in [3.05, 3.63) is 164 Å². The van der Waals surface area contributed by atoms with Gasteiger partial charge < -0.3 is 117 Å². The number of halogens is 2. The van der Waals surface area contributed by atoms with Gasteiger partial charge in [-0.15, -0.1) is 0 Å². The zero-order valence-electron chi connectivity index (χ0n) is 60.3. The molecule has 32 nitrogen and oxygen atoms in total. The summed E-state index contributed by atoms with van der Waals surface area (Å²) in [5, 5.41) is 124. The van der Waals surface area contributed by atoms with Crippen LogP contribution in [0.1, 0.15) is 140 Å². The monoisotopic (exact) mass is 1580 g/mol. The van der Waals surface area contributed by atoms with Crippen LogP contribution in [-0.4, -0.2) is 156 Å². The number of rotatable bonds is 15. The third-order valence-corrected chi connectivity index (χ3v) is 20.5. The smallest absolute Gasteiger partial charge is 0.337 e. The third-order valence-electron chi connectivity index (χ3n) is 19.8. The molecule has 34 heteroatoms. The lowest BCUT2D eigenvalue weighted by atomic mass is 9.89. The van der Waals surface area contributed by atoms with Crippen LogP contribution in [0.4, 0.5) is 0 Å². The number of fused-ring (bicyclic) bond motifs is 14. The van der Waals surface area contributed by atoms with Gasteiger partial charge in [-0.2, -0.15) is 0 Å². The van der Waals surface area contributed by atoms with E-state index in [9.17, 15) is 69.9 Å². The number of amides is 7. The van der Waals surface area contributed by atoms with Crippen molar-refractivity contribution in [2.45, 2.75) is 151 Å². The molecule has 0 saturated carbocycles. The molecular weight excluding hydrogens is 1500 g/mol. The molecule has 0 aromatic heterocycles. The standard InChI is InChI=1S/C78H80Cl2N8O24/c1-33(2)11-9-7-5-6-8-10-12-55(94)83-64-66(96)67(97)69(77(106)107-4)112-78(64)111-68-53-27-38-28-54(68)110-51-22-17-37(25-45(51)79)65(95)63-75(103)87-62(76(104)105)43-29-39(89)30-49(92)56(43)42-24-35(15-20-47(42)90)59(72(100)88-63)84-73(101)60(38)85-74(102)61-44-31-41(32-50(93)57(44)80)109-52-26-36(16-21-48(52)91)58(81-3)71(99)82-46(70(98)86-61)23-34-13-18-40(108-53)19-14-34/h13-22,24-33,46,58-67,69,78,81,89-93,95-97H,5-12,23H2,1-4H3,(H,82,99)(H,83,94)(H,84,101)(H,85,102)(H,86,98)(H,87,103)(H,88,100)(H,104,105)/t46-,58-,59-,60-,61+,62-,63+,64-,65-,66-,67+,69+,78-/m1/s1. The zero-order valence-corrected chi connectivity index (χ0v) is 61.8. The molecular formula is C78H80Cl2N8O24. The number of carbonyl (C=O) groups is 9. The number of nitrogens with one attached hydrogen (secondary N) is 8. The highest BCUT2D eigenvalue weighted by atomic mass is 35.5. The van der Waals surface area contributed by atoms with E-state index in [1.54, 1.807) is 0 Å². The van der Waals surface area contributed by atoms with Crippen LogP contribution >= 0.6 is 23.2 Å². The minimum absolute atomic E-state index is 0.0943. The van der Waals surface area contributed by atoms with Crippen molar-refractivity contribution in [1.29, 1.82) is 0 Å². The van der Waals surface area contributed by atoms with Crippen molar-refractivity contribution in [3.8, 4) is 80.1 Å². The number of esters is 1. The number of aliphatic carboxylic acids is 1. The average molecular weight is 1580 g/mol. The molecule has 17 N–H and O–H groups in total. The summed E-state index contributed by atoms with van der Waals surface area (Å²) in [6.45, 7) is 4.29. The predicted octanol–water partition coefficient (Wildman–Crippen LogP) is 6.80. The highest BCUT2D eigenvalue weighted by Gasteiger charge is 2.51. The quantitative estimate of drug-likeness (QED) is 0.0370. The Labute approximate surface area is 648 Å². The first-order valence-corrected chi connectivity index (χ1v) is 36.5. The Morgan fingerprint density at radius 2 is 1.21 bits per heavy atom. The van der Waals surface area contributed by atoms with Crippen molar-refractivity contribution in [1.82, 2.24) is 42.5 Å². The summed E-state index contributed by atoms with van der Waals surface area (Å²) >= 11 is 14.1. The molecule has 590 valence electrons. The van der Waals surface area contributed by atoms with Crippen LogP contribution in [0, 0.1) is 5.92 Å². The van der Waals surface area contributed by atoms with E-state index >= 15 is 19.2 Å². The molecule has 17 bridgehead atoms. The molecule has 0 unspecified atom stereocenters. The first kappa shape index (κ1) is 79.9. The number of hydrogen-bond acceptors (Lipinski definition) is 24. The Kier molecular flexibility index (Phi) is 24.2. The van der Waals surface area contributed by atoms with E-state index in [0.29, 0.717) is 24.3 Å². The molecule has 7 amide bonds. The average Bonchev–Trinajstić information content (AvgIpc) is 0.768. The number of likely N-dealkylation sites (N-methyl/N-ethyl adjacent to an activating group) is 1. The first-order valence-electron chi connectivity index (χ1n) is 35.8. The number of benzene rings is 7. The number of aliphatic hydroxyl groups is 3. The Morgan fingerprint density at radius 1 is 0.571 bits per heavy atom. The molecule has 0 aliphatic carbocycles. The van der Waals surface area contributed by atoms with Gasteiger partial charge in [-0.3, -0.25) is 33.6 Å². The molecule has 0 radical (unpaired) electrons. The van der Waals surface area contributed by atoms with Crippen molar-refractivity contribution < 1.29 is 118 Å². The molecule has 7 aromatic carbocycles. The molecule has 1 saturated heterocycles. The minimum atomic E-state index is -2.37. The highest BCUT2D eigenvalue weighted by Crippen LogP contribution is 2.50. The number of aromatic hydroxyl groups is 5. The van der Waals surface area contributed by atoms with Gasteiger partial charge in [-0.25, -0.2) is 9.59 Å². The number of unbranched alkanes of at least 4 members (excludes halogenated alkanes) is 5. The second kappa shape index (κ2) is 33.9. The molecule has 0 spiro atoms. The van der Waals surface area contributed by atoms with Gasteiger partial charge in [0, 0.05) is 47.2 Å². The Hall–Kier alpha value is -11.7. The summed E-state index contributed by atoms with van der Waals surface area (Å²) in [5.74, 6) is -17.2. The second-order valence-corrected chi connectivity index (χ2v) is 28.8. The number of aliphatic hydroxyl groups excluding tert-OH is 3. The molecule has 7 aliphatic heterocycles. The minimum Gasteiger partial charge on any atom is -0.508 e. The Morgan fingerprint density at radius 3 is 1.90 bits per heavy atom. The number of methoxy groups -OCH3 is 1. The number of phenols is 5. The fraction of sp³-hybridized carbons (Fsp3) is 0.346. The van der Waals surface area contributed by atoms with Gasteiger partial charge in [-0.05, 0) is 120 Å². The number of ether oxygens (including phenoxy) is 6. The highest BCUT2D eigenvalue weighted by molar-refractivity contribution is 6.33. The molecule has 13 atom stereocenters. The van der Waals surface area contributed by atoms with E-state index in [1.165, 1.54) is 49.5 Å². The lowest BCUT2D eigenvalue weighted by Crippen LogP contribution is -2.66. The molecule has 7 aliphatic rings. The second-order valence-electron chi connectivity index (χ2n) is 28.0. The van der Waals surface area contributed by atoms with Gasteiger partial charge in [0.2, 0.25) is 53.4 Å². The summed E-state index contributed by atoms with van der Waals surface area (Å²) in [6.07, 6.45) is -5.16. The third kappa shape index (κ3) is 17.3. The molecule has 1 fully saturated rings. The van der Waals surface area contributed by atoms with Gasteiger partial charge >= 0.3 is 11.9 Å². The maximum atomic E-state index is 16.4. The topological polar surface area (TPSA) is 487 Å². The zero-order chi connectivity index (χ0) is 80.3. The van der Waals surface area contributed by atoms with Crippen LogP contribution in [0.15, 0.2) is 115 Å². The van der Waals surface area contributed by atoms with Crippen LogP contribution in [0.2, 0.25) is 10.0 Å². The number of carboxylic acid groups (broad SMARTS) is 1. The lowest BCUT2D eigenvalue weighted by molar-refractivity contribution is -0.242. The number of carboxylic acids is 1. The normalized spacial score (nSPS) is 23.6. The maximum absolute atomic E-state index is 16.4. The molecule has 14 rings (SSSR count). The van der Waals surface area contributed by atoms with Gasteiger partial charge in [0.1, 0.15) is 101 Å². The van der Waals surface area contributed by atoms with Crippen LogP contribution in [0.3, 0.4) is 0 Å². The van der Waals surface area contributed by atoms with Crippen molar-refractivity contribution in [2.75, 3.05) is 14.2 Å². The van der Waals surface area contributed by atoms with E-state index < -0.39 is 216 Å². The van der Waals surface area contributed by atoms with Crippen LogP contribution < -0.4 is 61.5 Å². The van der Waals surface area contributed by atoms with Gasteiger partial charge in [0.25, 0.3) is 0 Å². The van der Waals surface area contributed by atoms with Crippen LogP contribution in [-0.2, 0) is 59.0 Å². The van der Waals surface area contributed by atoms with Crippen LogP contribution in [0.5, 0.6) is 69.0 Å². The van der Waals surface area contributed by atoms with E-state index in [1.807, 2.05) is 0 Å². The lowest BCUT2D eigenvalue weighted by Gasteiger charge is -2.41. The van der Waals surface area contributed by atoms with E-state index in [4.69, 9.17) is 51.6 Å². The van der Waals surface area contributed by atoms with Crippen molar-refractivity contribution in [2.24, 2.45) is 5.92 Å². The first-order chi connectivity index (χ1) is 53.5. The van der Waals surface area contributed by atoms with Gasteiger partial charge in [-0.1, -0.05) is 106 Å². The molecule has 112 heavy (non-hydrogen) atoms. The van der Waals surface area contributed by atoms with Crippen molar-refractivity contribution in [3.63, 3.8) is 0 Å². The number of hydrogen-bond donors (Lipinski definition) is 17. The fourth-order valence-electron chi connectivity index (χ4n) is 13.9. The summed E-state index contributed by atoms with van der Waals surface area (Å²) < 4.78 is 37.5.